The molecule has 0 spiro atoms. The number of nitrogens with one attached hydrogen (secondary N) is 1. The van der Waals surface area contributed by atoms with Gasteiger partial charge in [-0.2, -0.15) is 0 Å². The fraction of sp³-hybridized carbons (Fsp3) is 0. The predicted octanol–water partition coefficient (Wildman–Crippen LogP) is 0.236. The highest BCUT2D eigenvalue weighted by atomic mass is 16.5. The summed E-state index contributed by atoms with van der Waals surface area (Å²) in [5, 5.41) is 10.6. The second-order valence-electron chi connectivity index (χ2n) is 3.72. The molecule has 0 aliphatic rings. The molecular formula is C13H14N3O2+. The van der Waals surface area contributed by atoms with Crippen LogP contribution in [0.3, 0.4) is 0 Å². The number of anilines is 1. The van der Waals surface area contributed by atoms with Crippen LogP contribution < -0.4 is 21.4 Å². The Labute approximate surface area is 104 Å². The van der Waals surface area contributed by atoms with Gasteiger partial charge in [-0.15, -0.1) is 0 Å². The van der Waals surface area contributed by atoms with E-state index in [2.05, 4.69) is 0 Å². The molecule has 0 saturated heterocycles. The predicted molar refractivity (Wildman–Crippen MR) is 68.4 cm³/mol. The first-order valence-electron chi connectivity index (χ1n) is 5.35. The summed E-state index contributed by atoms with van der Waals surface area (Å²) in [6, 6.07) is 14.1. The minimum Gasteiger partial charge on any atom is -0.457 e. The van der Waals surface area contributed by atoms with Crippen molar-refractivity contribution in [2.75, 3.05) is 5.73 Å². The lowest BCUT2D eigenvalue weighted by molar-refractivity contribution is -0.737. The first-order valence-corrected chi connectivity index (χ1v) is 5.35. The average Bonchev–Trinajstić information content (AvgIpc) is 2.39. The van der Waals surface area contributed by atoms with Gasteiger partial charge in [-0.1, -0.05) is 11.2 Å². The molecule has 0 unspecified atom stereocenters. The zero-order valence-corrected chi connectivity index (χ0v) is 9.63. The molecule has 0 bridgehead atoms. The van der Waals surface area contributed by atoms with Crippen molar-refractivity contribution in [1.82, 2.24) is 0 Å². The second kappa shape index (κ2) is 5.09. The minimum atomic E-state index is 0.186. The zero-order chi connectivity index (χ0) is 13.0. The van der Waals surface area contributed by atoms with Crippen LogP contribution >= 0.6 is 0 Å². The van der Waals surface area contributed by atoms with Gasteiger partial charge < -0.3 is 15.7 Å². The van der Waals surface area contributed by atoms with Gasteiger partial charge in [-0.3, -0.25) is 5.73 Å². The number of hydrogen-bond acceptors (Lipinski definition) is 3. The molecule has 5 nitrogen and oxygen atoms in total. The van der Waals surface area contributed by atoms with Gasteiger partial charge in [-0.25, -0.2) is 0 Å². The molecule has 0 radical (unpaired) electrons. The summed E-state index contributed by atoms with van der Waals surface area (Å²) in [5.41, 5.74) is 12.5. The average molecular weight is 244 g/mol. The highest BCUT2D eigenvalue weighted by Gasteiger charge is 2.04. The van der Waals surface area contributed by atoms with Gasteiger partial charge in [0.25, 0.3) is 0 Å². The highest BCUT2D eigenvalue weighted by molar-refractivity contribution is 5.92. The van der Waals surface area contributed by atoms with Crippen LogP contribution in [0.15, 0.2) is 48.5 Å². The number of rotatable bonds is 3. The number of nitrogen functional groups attached to an aromatic ring is 2. The molecule has 0 fully saturated rings. The molecule has 18 heavy (non-hydrogen) atoms. The third-order valence-corrected chi connectivity index (χ3v) is 2.38. The van der Waals surface area contributed by atoms with Gasteiger partial charge in [0.1, 0.15) is 11.5 Å². The van der Waals surface area contributed by atoms with E-state index in [1.54, 1.807) is 36.4 Å². The normalized spacial score (nSPS) is 11.2. The van der Waals surface area contributed by atoms with Gasteiger partial charge in [0.05, 0.1) is 5.56 Å². The van der Waals surface area contributed by atoms with Crippen LogP contribution in [0.2, 0.25) is 0 Å². The van der Waals surface area contributed by atoms with Crippen molar-refractivity contribution in [1.29, 1.82) is 0 Å². The van der Waals surface area contributed by atoms with Gasteiger partial charge in [0, 0.05) is 11.8 Å². The Morgan fingerprint density at radius 1 is 1.06 bits per heavy atom. The summed E-state index contributed by atoms with van der Waals surface area (Å²) in [6.45, 7) is 0. The molecule has 0 aromatic heterocycles. The number of nitrogens with two attached hydrogens (primary N) is 2. The van der Waals surface area contributed by atoms with Crippen molar-refractivity contribution < 1.29 is 15.1 Å². The van der Waals surface area contributed by atoms with Crippen LogP contribution in [0.4, 0.5) is 5.69 Å². The Morgan fingerprint density at radius 2 is 1.78 bits per heavy atom. The third-order valence-electron chi connectivity index (χ3n) is 2.38. The summed E-state index contributed by atoms with van der Waals surface area (Å²) in [4.78, 5) is 0. The molecule has 0 atom stereocenters. The monoisotopic (exact) mass is 244 g/mol. The summed E-state index contributed by atoms with van der Waals surface area (Å²) in [6.07, 6.45) is 0. The molecule has 92 valence electrons. The maximum atomic E-state index is 8.67. The molecule has 5 heteroatoms. The van der Waals surface area contributed by atoms with Crippen molar-refractivity contribution in [2.24, 2.45) is 5.73 Å². The van der Waals surface area contributed by atoms with Crippen LogP contribution in [0, 0.1) is 0 Å². The molecule has 0 aliphatic heterocycles. The highest BCUT2D eigenvalue weighted by Crippen LogP contribution is 2.23. The number of benzene rings is 2. The number of ether oxygens (including phenoxy) is 1. The zero-order valence-electron chi connectivity index (χ0n) is 9.63. The summed E-state index contributed by atoms with van der Waals surface area (Å²) in [5.74, 6) is 1.51. The lowest BCUT2D eigenvalue weighted by Crippen LogP contribution is -2.71. The van der Waals surface area contributed by atoms with Gasteiger partial charge in [-0.05, 0) is 36.4 Å². The molecule has 0 heterocycles. The van der Waals surface area contributed by atoms with E-state index in [9.17, 15) is 0 Å². The third kappa shape index (κ3) is 2.70. The lowest BCUT2D eigenvalue weighted by atomic mass is 10.2. The van der Waals surface area contributed by atoms with E-state index in [0.717, 1.165) is 0 Å². The number of hydrogen-bond donors (Lipinski definition) is 4. The molecule has 2 aromatic rings. The van der Waals surface area contributed by atoms with Crippen LogP contribution in [0.25, 0.3) is 0 Å². The first-order chi connectivity index (χ1) is 8.69. The van der Waals surface area contributed by atoms with Crippen molar-refractivity contribution in [3.8, 4) is 11.5 Å². The van der Waals surface area contributed by atoms with Crippen molar-refractivity contribution in [3.05, 3.63) is 54.1 Å². The van der Waals surface area contributed by atoms with Gasteiger partial charge in [0.2, 0.25) is 0 Å². The van der Waals surface area contributed by atoms with Crippen molar-refractivity contribution >= 4 is 11.5 Å². The lowest BCUT2D eigenvalue weighted by Gasteiger charge is -2.06. The van der Waals surface area contributed by atoms with E-state index in [0.29, 0.717) is 22.7 Å². The quantitative estimate of drug-likeness (QED) is 0.204. The SMILES string of the molecule is NC(=[NH+]O)c1ccc(Oc2cccc(N)c2)cc1. The Kier molecular flexibility index (Phi) is 3.33. The Bertz CT molecular complexity index is 565. The molecule has 2 rings (SSSR count). The summed E-state index contributed by atoms with van der Waals surface area (Å²) in [7, 11) is 0. The van der Waals surface area contributed by atoms with E-state index in [1.807, 2.05) is 17.3 Å². The van der Waals surface area contributed by atoms with Crippen LogP contribution in [-0.4, -0.2) is 11.0 Å². The van der Waals surface area contributed by atoms with E-state index in [-0.39, 0.29) is 5.84 Å². The first kappa shape index (κ1) is 11.8. The second-order valence-corrected chi connectivity index (χ2v) is 3.72. The maximum Gasteiger partial charge on any atom is 0.311 e. The molecular weight excluding hydrogens is 230 g/mol. The van der Waals surface area contributed by atoms with Gasteiger partial charge >= 0.3 is 5.84 Å². The Balaban J connectivity index is 2.16. The summed E-state index contributed by atoms with van der Waals surface area (Å²) >= 11 is 0. The van der Waals surface area contributed by atoms with Crippen molar-refractivity contribution in [2.45, 2.75) is 0 Å². The standard InChI is InChI=1S/C13H13N3O2/c14-10-2-1-3-12(8-10)18-11-6-4-9(5-7-11)13(15)16-17/h1-8,17H,14H2,(H2,15,16)/p+1. The fourth-order valence-corrected chi connectivity index (χ4v) is 1.48. The van der Waals surface area contributed by atoms with Crippen LogP contribution in [0.1, 0.15) is 5.56 Å². The molecule has 0 saturated carbocycles. The van der Waals surface area contributed by atoms with Crippen LogP contribution in [0.5, 0.6) is 11.5 Å². The van der Waals surface area contributed by atoms with Gasteiger partial charge in [0.15, 0.2) is 0 Å². The van der Waals surface area contributed by atoms with Crippen molar-refractivity contribution in [3.63, 3.8) is 0 Å². The molecule has 0 aliphatic carbocycles. The fourth-order valence-electron chi connectivity index (χ4n) is 1.48. The Morgan fingerprint density at radius 3 is 2.39 bits per heavy atom. The minimum absolute atomic E-state index is 0.186. The number of amidine groups is 1. The van der Waals surface area contributed by atoms with Crippen LogP contribution in [-0.2, 0) is 0 Å². The Hall–Kier alpha value is -2.69. The largest absolute Gasteiger partial charge is 0.457 e. The topological polar surface area (TPSA) is 95.5 Å². The summed E-state index contributed by atoms with van der Waals surface area (Å²) < 4.78 is 5.61. The van der Waals surface area contributed by atoms with E-state index in [1.165, 1.54) is 0 Å². The molecule has 6 N–H and O–H groups in total. The maximum absolute atomic E-state index is 8.67. The van der Waals surface area contributed by atoms with E-state index in [4.69, 9.17) is 21.4 Å². The molecule has 0 amide bonds. The molecule has 2 aromatic carbocycles. The smallest absolute Gasteiger partial charge is 0.311 e. The van der Waals surface area contributed by atoms with E-state index >= 15 is 0 Å². The van der Waals surface area contributed by atoms with E-state index < -0.39 is 0 Å².